The van der Waals surface area contributed by atoms with Crippen molar-refractivity contribution in [1.82, 2.24) is 4.57 Å². The number of nitrogens with zero attached hydrogens (tertiary/aromatic N) is 2. The van der Waals surface area contributed by atoms with Gasteiger partial charge in [0.2, 0.25) is 0 Å². The lowest BCUT2D eigenvalue weighted by molar-refractivity contribution is -0.143. The average molecular weight is 702 g/mol. The van der Waals surface area contributed by atoms with Crippen LogP contribution in [0, 0.1) is 0 Å². The molecule has 0 radical (unpaired) electrons. The van der Waals surface area contributed by atoms with Gasteiger partial charge in [0, 0.05) is 31.2 Å². The molecule has 7 nitrogen and oxygen atoms in total. The number of rotatable bonds is 8. The van der Waals surface area contributed by atoms with Crippen molar-refractivity contribution in [3.05, 3.63) is 123 Å². The van der Waals surface area contributed by atoms with Crippen molar-refractivity contribution in [2.45, 2.75) is 39.5 Å². The molecule has 4 aromatic rings. The first-order chi connectivity index (χ1) is 20.6. The topological polar surface area (TPSA) is 79.1 Å². The van der Waals surface area contributed by atoms with Gasteiger partial charge < -0.3 is 14.2 Å². The molecule has 43 heavy (non-hydrogen) atoms. The van der Waals surface area contributed by atoms with Gasteiger partial charge in [0.25, 0.3) is 5.56 Å². The number of thiazole rings is 1. The Kier molecular flexibility index (Phi) is 9.46. The molecule has 1 atom stereocenters. The number of benzene rings is 3. The largest absolute Gasteiger partial charge is 0.496 e. The number of carbonyl (C=O) groups is 1. The lowest BCUT2D eigenvalue weighted by atomic mass is 9.95. The van der Waals surface area contributed by atoms with Crippen LogP contribution in [-0.4, -0.2) is 23.8 Å². The van der Waals surface area contributed by atoms with Crippen LogP contribution in [0.5, 0.6) is 11.5 Å². The van der Waals surface area contributed by atoms with Gasteiger partial charge in [0.05, 0.1) is 29.0 Å². The first-order valence-corrected chi connectivity index (χ1v) is 15.7. The van der Waals surface area contributed by atoms with Crippen molar-refractivity contribution >= 4 is 62.5 Å². The molecule has 1 aliphatic heterocycles. The van der Waals surface area contributed by atoms with E-state index in [9.17, 15) is 9.59 Å². The Morgan fingerprint density at radius 3 is 2.60 bits per heavy atom. The zero-order valence-corrected chi connectivity index (χ0v) is 27.6. The minimum atomic E-state index is -0.823. The molecule has 0 aliphatic carbocycles. The monoisotopic (exact) mass is 700 g/mol. The molecular weight excluding hydrogens is 675 g/mol. The van der Waals surface area contributed by atoms with Crippen LogP contribution in [0.15, 0.2) is 86.2 Å². The summed E-state index contributed by atoms with van der Waals surface area (Å²) in [4.78, 5) is 32.7. The number of esters is 1. The van der Waals surface area contributed by atoms with E-state index < -0.39 is 12.0 Å². The summed E-state index contributed by atoms with van der Waals surface area (Å²) in [6.45, 7) is 5.51. The lowest BCUT2D eigenvalue weighted by Crippen LogP contribution is -2.40. The third kappa shape index (κ3) is 6.60. The molecule has 11 heteroatoms. The molecule has 0 amide bonds. The lowest BCUT2D eigenvalue weighted by Gasteiger charge is -2.26. The second-order valence-corrected chi connectivity index (χ2v) is 12.8. The maximum absolute atomic E-state index is 14.1. The highest BCUT2D eigenvalue weighted by molar-refractivity contribution is 9.10. The van der Waals surface area contributed by atoms with Gasteiger partial charge in [0.15, 0.2) is 4.80 Å². The summed E-state index contributed by atoms with van der Waals surface area (Å²) in [7, 11) is 1.55. The van der Waals surface area contributed by atoms with Crippen LogP contribution < -0.4 is 24.4 Å². The van der Waals surface area contributed by atoms with Crippen LogP contribution in [0.1, 0.15) is 43.5 Å². The average Bonchev–Trinajstić information content (AvgIpc) is 3.26. The predicted molar refractivity (Wildman–Crippen MR) is 173 cm³/mol. The number of carbonyl (C=O) groups excluding carboxylic acids is 1. The SMILES string of the molecule is COc1ccc(Br)cc1[C@@H]1C(C(=O)OC(C)C)=C(C)N=c2s/c(=C\c3ccccc3OCc3ccc(Cl)cc3Cl)c(=O)n21. The molecule has 1 aliphatic rings. The third-order valence-corrected chi connectivity index (χ3v) is 8.74. The third-order valence-electron chi connectivity index (χ3n) is 6.67. The molecule has 0 fully saturated rings. The summed E-state index contributed by atoms with van der Waals surface area (Å²) >= 11 is 17.1. The summed E-state index contributed by atoms with van der Waals surface area (Å²) < 4.78 is 20.1. The molecule has 0 spiro atoms. The van der Waals surface area contributed by atoms with E-state index in [-0.39, 0.29) is 23.8 Å². The smallest absolute Gasteiger partial charge is 0.338 e. The van der Waals surface area contributed by atoms with Gasteiger partial charge in [-0.05, 0) is 63.2 Å². The minimum Gasteiger partial charge on any atom is -0.496 e. The number of hydrogen-bond donors (Lipinski definition) is 0. The van der Waals surface area contributed by atoms with E-state index >= 15 is 0 Å². The summed E-state index contributed by atoms with van der Waals surface area (Å²) in [5.74, 6) is 0.547. The van der Waals surface area contributed by atoms with Crippen molar-refractivity contribution in [2.24, 2.45) is 4.99 Å². The minimum absolute atomic E-state index is 0.214. The summed E-state index contributed by atoms with van der Waals surface area (Å²) in [6.07, 6.45) is 1.41. The fourth-order valence-corrected chi connectivity index (χ4v) is 6.62. The molecule has 2 heterocycles. The number of allylic oxidation sites excluding steroid dienone is 1. The highest BCUT2D eigenvalue weighted by Gasteiger charge is 2.35. The van der Waals surface area contributed by atoms with Crippen LogP contribution in [0.4, 0.5) is 0 Å². The van der Waals surface area contributed by atoms with Crippen LogP contribution in [0.3, 0.4) is 0 Å². The number of aromatic nitrogens is 1. The summed E-state index contributed by atoms with van der Waals surface area (Å²) in [5, 5.41) is 1.04. The van der Waals surface area contributed by atoms with Crippen LogP contribution in [-0.2, 0) is 16.1 Å². The Balaban J connectivity index is 1.63. The molecule has 5 rings (SSSR count). The Morgan fingerprint density at radius 1 is 1.12 bits per heavy atom. The van der Waals surface area contributed by atoms with E-state index in [4.69, 9.17) is 37.4 Å². The molecule has 3 aromatic carbocycles. The van der Waals surface area contributed by atoms with Gasteiger partial charge in [-0.1, -0.05) is 74.7 Å². The van der Waals surface area contributed by atoms with E-state index in [0.717, 1.165) is 10.0 Å². The maximum atomic E-state index is 14.1. The van der Waals surface area contributed by atoms with E-state index in [1.54, 1.807) is 52.2 Å². The van der Waals surface area contributed by atoms with E-state index in [1.165, 1.54) is 15.9 Å². The molecule has 0 unspecified atom stereocenters. The zero-order chi connectivity index (χ0) is 30.8. The normalized spacial score (nSPS) is 14.9. The number of halogens is 3. The molecule has 222 valence electrons. The van der Waals surface area contributed by atoms with Crippen LogP contribution in [0.2, 0.25) is 10.0 Å². The fourth-order valence-electron chi connectivity index (χ4n) is 4.74. The van der Waals surface area contributed by atoms with Gasteiger partial charge in [-0.15, -0.1) is 0 Å². The quantitative estimate of drug-likeness (QED) is 0.188. The second-order valence-electron chi connectivity index (χ2n) is 9.98. The Labute approximate surface area is 270 Å². The van der Waals surface area contributed by atoms with Crippen LogP contribution >= 0.6 is 50.5 Å². The second kappa shape index (κ2) is 13.1. The van der Waals surface area contributed by atoms with Gasteiger partial charge >= 0.3 is 5.97 Å². The molecule has 0 saturated carbocycles. The summed E-state index contributed by atoms with van der Waals surface area (Å²) in [5.41, 5.74) is 2.53. The van der Waals surface area contributed by atoms with E-state index in [1.807, 2.05) is 42.5 Å². The molecule has 0 N–H and O–H groups in total. The highest BCUT2D eigenvalue weighted by atomic mass is 79.9. The highest BCUT2D eigenvalue weighted by Crippen LogP contribution is 2.37. The van der Waals surface area contributed by atoms with E-state index in [0.29, 0.717) is 47.7 Å². The number of methoxy groups -OCH3 is 1. The maximum Gasteiger partial charge on any atom is 0.338 e. The molecule has 0 bridgehead atoms. The van der Waals surface area contributed by atoms with Crippen molar-refractivity contribution in [1.29, 1.82) is 0 Å². The number of hydrogen-bond acceptors (Lipinski definition) is 7. The molecule has 0 saturated heterocycles. The summed E-state index contributed by atoms with van der Waals surface area (Å²) in [6, 6.07) is 17.3. The Morgan fingerprint density at radius 2 is 1.88 bits per heavy atom. The van der Waals surface area contributed by atoms with Gasteiger partial charge in [-0.25, -0.2) is 9.79 Å². The van der Waals surface area contributed by atoms with Gasteiger partial charge in [0.1, 0.15) is 24.1 Å². The molecular formula is C32H27BrCl2N2O5S. The van der Waals surface area contributed by atoms with Crippen LogP contribution in [0.25, 0.3) is 6.08 Å². The Hall–Kier alpha value is -3.37. The first-order valence-electron chi connectivity index (χ1n) is 13.3. The van der Waals surface area contributed by atoms with Gasteiger partial charge in [-0.3, -0.25) is 9.36 Å². The molecule has 1 aromatic heterocycles. The van der Waals surface area contributed by atoms with Gasteiger partial charge in [-0.2, -0.15) is 0 Å². The van der Waals surface area contributed by atoms with Crippen molar-refractivity contribution in [2.75, 3.05) is 7.11 Å². The first kappa shape index (κ1) is 31.1. The Bertz CT molecular complexity index is 1930. The van der Waals surface area contributed by atoms with Crippen molar-refractivity contribution in [3.8, 4) is 11.5 Å². The zero-order valence-electron chi connectivity index (χ0n) is 23.7. The van der Waals surface area contributed by atoms with Crippen molar-refractivity contribution in [3.63, 3.8) is 0 Å². The number of ether oxygens (including phenoxy) is 3. The number of fused-ring (bicyclic) bond motifs is 1. The number of para-hydroxylation sites is 1. The fraction of sp³-hybridized carbons (Fsp3) is 0.219. The predicted octanol–water partition coefficient (Wildman–Crippen LogP) is 6.84. The van der Waals surface area contributed by atoms with E-state index in [2.05, 4.69) is 20.9 Å². The van der Waals surface area contributed by atoms with Crippen molar-refractivity contribution < 1.29 is 19.0 Å². The standard InChI is InChI=1S/C32H27BrCl2N2O5S/c1-17(2)42-31(39)28-18(3)36-32-37(29(28)23-14-21(33)10-12-26(23)40-4)30(38)27(43-32)13-19-7-5-6-8-25(19)41-16-20-9-11-22(34)15-24(20)35/h5-15,17,29H,16H2,1-4H3/b27-13-/t29-/m1/s1.